The summed E-state index contributed by atoms with van der Waals surface area (Å²) in [7, 11) is 0. The minimum atomic E-state index is -4.34. The standard InChI is InChI=1S/C16H17BrF3N3S/c17-14-4-3-13(24-14)11-22-6-1-7-23(9-8-22)15-5-2-12(10-21-15)16(18,19)20/h2-5,10H,1,6-9,11H2. The Hall–Kier alpha value is -1.12. The Bertz CT molecular complexity index is 672. The third kappa shape index (κ3) is 4.49. The van der Waals surface area contributed by atoms with Crippen LogP contribution in [0.25, 0.3) is 0 Å². The fourth-order valence-corrected chi connectivity index (χ4v) is 4.28. The minimum absolute atomic E-state index is 0.615. The first-order chi connectivity index (χ1) is 11.4. The molecule has 0 N–H and O–H groups in total. The number of pyridine rings is 1. The van der Waals surface area contributed by atoms with E-state index in [1.54, 1.807) is 11.3 Å². The first-order valence-corrected chi connectivity index (χ1v) is 9.27. The molecule has 1 aliphatic rings. The zero-order chi connectivity index (χ0) is 17.2. The third-order valence-electron chi connectivity index (χ3n) is 4.00. The van der Waals surface area contributed by atoms with Gasteiger partial charge in [0, 0.05) is 43.8 Å². The van der Waals surface area contributed by atoms with Gasteiger partial charge in [-0.05, 0) is 46.6 Å². The molecule has 130 valence electrons. The predicted octanol–water partition coefficient (Wildman–Crippen LogP) is 4.64. The number of hydrogen-bond donors (Lipinski definition) is 0. The molecule has 0 radical (unpaired) electrons. The molecule has 1 saturated heterocycles. The summed E-state index contributed by atoms with van der Waals surface area (Å²) >= 11 is 5.21. The number of halogens is 4. The fraction of sp³-hybridized carbons (Fsp3) is 0.438. The lowest BCUT2D eigenvalue weighted by atomic mass is 10.2. The molecular formula is C16H17BrF3N3S. The molecule has 0 amide bonds. The summed E-state index contributed by atoms with van der Waals surface area (Å²) in [5, 5.41) is 0. The first-order valence-electron chi connectivity index (χ1n) is 7.66. The highest BCUT2D eigenvalue weighted by molar-refractivity contribution is 9.11. The van der Waals surface area contributed by atoms with Crippen molar-refractivity contribution in [3.05, 3.63) is 44.7 Å². The van der Waals surface area contributed by atoms with Crippen molar-refractivity contribution in [2.75, 3.05) is 31.1 Å². The Morgan fingerprint density at radius 2 is 1.92 bits per heavy atom. The van der Waals surface area contributed by atoms with Crippen molar-refractivity contribution in [1.82, 2.24) is 9.88 Å². The maximum Gasteiger partial charge on any atom is 0.417 e. The van der Waals surface area contributed by atoms with Crippen LogP contribution in [0.2, 0.25) is 0 Å². The molecule has 0 unspecified atom stereocenters. The van der Waals surface area contributed by atoms with E-state index in [1.165, 1.54) is 10.9 Å². The summed E-state index contributed by atoms with van der Waals surface area (Å²) in [5.74, 6) is 0.615. The minimum Gasteiger partial charge on any atom is -0.355 e. The number of alkyl halides is 3. The maximum atomic E-state index is 12.6. The Morgan fingerprint density at radius 3 is 2.54 bits per heavy atom. The summed E-state index contributed by atoms with van der Waals surface area (Å²) in [4.78, 5) is 9.75. The molecule has 3 nitrogen and oxygen atoms in total. The van der Waals surface area contributed by atoms with Gasteiger partial charge in [0.1, 0.15) is 5.82 Å². The lowest BCUT2D eigenvalue weighted by molar-refractivity contribution is -0.137. The van der Waals surface area contributed by atoms with E-state index in [-0.39, 0.29) is 0 Å². The van der Waals surface area contributed by atoms with Gasteiger partial charge in [-0.2, -0.15) is 13.2 Å². The second-order valence-electron chi connectivity index (χ2n) is 5.73. The SMILES string of the molecule is FC(F)(F)c1ccc(N2CCCN(Cc3ccc(Br)s3)CC2)nc1. The van der Waals surface area contributed by atoms with Crippen molar-refractivity contribution in [2.24, 2.45) is 0 Å². The highest BCUT2D eigenvalue weighted by Gasteiger charge is 2.31. The van der Waals surface area contributed by atoms with Crippen LogP contribution >= 0.6 is 27.3 Å². The lowest BCUT2D eigenvalue weighted by Gasteiger charge is -2.22. The Kier molecular flexibility index (Phi) is 5.46. The van der Waals surface area contributed by atoms with Crippen LogP contribution in [-0.4, -0.2) is 36.1 Å². The molecule has 1 fully saturated rings. The normalized spacial score (nSPS) is 17.1. The van der Waals surface area contributed by atoms with Gasteiger partial charge in [0.05, 0.1) is 9.35 Å². The van der Waals surface area contributed by atoms with Gasteiger partial charge in [-0.15, -0.1) is 11.3 Å². The molecule has 0 bridgehead atoms. The second kappa shape index (κ2) is 7.41. The average molecular weight is 420 g/mol. The molecule has 2 aromatic rings. The molecule has 8 heteroatoms. The van der Waals surface area contributed by atoms with Crippen LogP contribution in [0.3, 0.4) is 0 Å². The zero-order valence-electron chi connectivity index (χ0n) is 12.9. The molecule has 0 spiro atoms. The molecule has 3 heterocycles. The molecule has 3 rings (SSSR count). The molecule has 2 aromatic heterocycles. The van der Waals surface area contributed by atoms with Crippen molar-refractivity contribution >= 4 is 33.1 Å². The van der Waals surface area contributed by atoms with E-state index >= 15 is 0 Å². The summed E-state index contributed by atoms with van der Waals surface area (Å²) in [6.45, 7) is 4.34. The van der Waals surface area contributed by atoms with Crippen molar-refractivity contribution in [3.63, 3.8) is 0 Å². The molecule has 0 aliphatic carbocycles. The van der Waals surface area contributed by atoms with E-state index in [2.05, 4.69) is 42.8 Å². The van der Waals surface area contributed by atoms with Crippen LogP contribution in [-0.2, 0) is 12.7 Å². The van der Waals surface area contributed by atoms with E-state index in [9.17, 15) is 13.2 Å². The van der Waals surface area contributed by atoms with Gasteiger partial charge in [-0.25, -0.2) is 4.98 Å². The van der Waals surface area contributed by atoms with Gasteiger partial charge in [-0.1, -0.05) is 0 Å². The monoisotopic (exact) mass is 419 g/mol. The smallest absolute Gasteiger partial charge is 0.355 e. The van der Waals surface area contributed by atoms with Crippen molar-refractivity contribution in [3.8, 4) is 0 Å². The van der Waals surface area contributed by atoms with Gasteiger partial charge >= 0.3 is 6.18 Å². The number of thiophene rings is 1. The predicted molar refractivity (Wildman–Crippen MR) is 93.4 cm³/mol. The molecule has 0 saturated carbocycles. The zero-order valence-corrected chi connectivity index (χ0v) is 15.3. The second-order valence-corrected chi connectivity index (χ2v) is 8.27. The Labute approximate surface area is 151 Å². The summed E-state index contributed by atoms with van der Waals surface area (Å²) in [6, 6.07) is 6.74. The molecule has 0 atom stereocenters. The van der Waals surface area contributed by atoms with Crippen LogP contribution in [0.15, 0.2) is 34.2 Å². The van der Waals surface area contributed by atoms with E-state index < -0.39 is 11.7 Å². The van der Waals surface area contributed by atoms with Gasteiger partial charge in [-0.3, -0.25) is 4.90 Å². The summed E-state index contributed by atoms with van der Waals surface area (Å²) < 4.78 is 39.0. The highest BCUT2D eigenvalue weighted by atomic mass is 79.9. The van der Waals surface area contributed by atoms with Gasteiger partial charge in [0.25, 0.3) is 0 Å². The number of rotatable bonds is 3. The molecule has 1 aliphatic heterocycles. The van der Waals surface area contributed by atoms with E-state index in [0.29, 0.717) is 5.82 Å². The van der Waals surface area contributed by atoms with Crippen molar-refractivity contribution in [2.45, 2.75) is 19.1 Å². The van der Waals surface area contributed by atoms with E-state index in [0.717, 1.165) is 55.2 Å². The number of anilines is 1. The lowest BCUT2D eigenvalue weighted by Crippen LogP contribution is -2.30. The Balaban J connectivity index is 1.60. The van der Waals surface area contributed by atoms with Crippen molar-refractivity contribution < 1.29 is 13.2 Å². The topological polar surface area (TPSA) is 19.4 Å². The Morgan fingerprint density at radius 1 is 1.08 bits per heavy atom. The van der Waals surface area contributed by atoms with Crippen molar-refractivity contribution in [1.29, 1.82) is 0 Å². The summed E-state index contributed by atoms with van der Waals surface area (Å²) in [6.07, 6.45) is -2.45. The van der Waals surface area contributed by atoms with Gasteiger partial charge in [0.2, 0.25) is 0 Å². The quantitative estimate of drug-likeness (QED) is 0.722. The maximum absolute atomic E-state index is 12.6. The third-order valence-corrected chi connectivity index (χ3v) is 5.60. The van der Waals surface area contributed by atoms with Crippen LogP contribution in [0, 0.1) is 0 Å². The fourth-order valence-electron chi connectivity index (χ4n) is 2.76. The molecule has 0 aromatic carbocycles. The highest BCUT2D eigenvalue weighted by Crippen LogP contribution is 2.29. The van der Waals surface area contributed by atoms with Gasteiger partial charge < -0.3 is 4.90 Å². The molecular weight excluding hydrogens is 403 g/mol. The van der Waals surface area contributed by atoms with Crippen LogP contribution in [0.4, 0.5) is 19.0 Å². The van der Waals surface area contributed by atoms with Crippen LogP contribution in [0.1, 0.15) is 16.9 Å². The largest absolute Gasteiger partial charge is 0.417 e. The number of aromatic nitrogens is 1. The number of nitrogens with zero attached hydrogens (tertiary/aromatic N) is 3. The van der Waals surface area contributed by atoms with E-state index in [4.69, 9.17) is 0 Å². The van der Waals surface area contributed by atoms with Gasteiger partial charge in [0.15, 0.2) is 0 Å². The van der Waals surface area contributed by atoms with Crippen LogP contribution < -0.4 is 4.90 Å². The summed E-state index contributed by atoms with van der Waals surface area (Å²) in [5.41, 5.74) is -0.703. The van der Waals surface area contributed by atoms with Crippen LogP contribution in [0.5, 0.6) is 0 Å². The average Bonchev–Trinajstić information content (AvgIpc) is 2.80. The molecule has 24 heavy (non-hydrogen) atoms. The first kappa shape index (κ1) is 17.7. The van der Waals surface area contributed by atoms with E-state index in [1.807, 2.05) is 0 Å². The number of hydrogen-bond acceptors (Lipinski definition) is 4.